The predicted molar refractivity (Wildman–Crippen MR) is 86.1 cm³/mol. The molecule has 2 N–H and O–H groups in total. The van der Waals surface area contributed by atoms with Crippen LogP contribution in [0, 0.1) is 5.92 Å². The lowest BCUT2D eigenvalue weighted by Gasteiger charge is -2.19. The SMILES string of the molecule is NC(c1ccccc1)c1nnc(CC2CCSCC2)s1. The smallest absolute Gasteiger partial charge is 0.138 e. The maximum Gasteiger partial charge on any atom is 0.138 e. The van der Waals surface area contributed by atoms with Gasteiger partial charge in [-0.1, -0.05) is 41.7 Å². The van der Waals surface area contributed by atoms with Crippen LogP contribution < -0.4 is 5.73 Å². The summed E-state index contributed by atoms with van der Waals surface area (Å²) in [6.07, 6.45) is 3.69. The molecule has 1 fully saturated rings. The van der Waals surface area contributed by atoms with Gasteiger partial charge in [0.2, 0.25) is 0 Å². The summed E-state index contributed by atoms with van der Waals surface area (Å²) in [6, 6.07) is 9.97. The van der Waals surface area contributed by atoms with Crippen LogP contribution in [0.15, 0.2) is 30.3 Å². The summed E-state index contributed by atoms with van der Waals surface area (Å²) in [4.78, 5) is 0. The average molecular weight is 305 g/mol. The minimum Gasteiger partial charge on any atom is -0.318 e. The number of nitrogens with zero attached hydrogens (tertiary/aromatic N) is 2. The molecule has 0 radical (unpaired) electrons. The molecule has 20 heavy (non-hydrogen) atoms. The first-order chi connectivity index (χ1) is 9.83. The van der Waals surface area contributed by atoms with Crippen LogP contribution in [0.4, 0.5) is 0 Å². The highest BCUT2D eigenvalue weighted by Crippen LogP contribution is 2.28. The van der Waals surface area contributed by atoms with Gasteiger partial charge in [0.25, 0.3) is 0 Å². The van der Waals surface area contributed by atoms with E-state index in [0.29, 0.717) is 0 Å². The van der Waals surface area contributed by atoms with Gasteiger partial charge in [0.05, 0.1) is 6.04 Å². The molecule has 0 saturated carbocycles. The van der Waals surface area contributed by atoms with Crippen molar-refractivity contribution in [3.63, 3.8) is 0 Å². The van der Waals surface area contributed by atoms with Crippen LogP contribution >= 0.6 is 23.1 Å². The van der Waals surface area contributed by atoms with Gasteiger partial charge in [-0.15, -0.1) is 10.2 Å². The van der Waals surface area contributed by atoms with E-state index in [1.54, 1.807) is 11.3 Å². The fourth-order valence-electron chi connectivity index (χ4n) is 2.48. The van der Waals surface area contributed by atoms with Crippen LogP contribution in [-0.2, 0) is 6.42 Å². The van der Waals surface area contributed by atoms with Crippen molar-refractivity contribution in [1.82, 2.24) is 10.2 Å². The molecule has 1 aromatic heterocycles. The van der Waals surface area contributed by atoms with Crippen molar-refractivity contribution in [1.29, 1.82) is 0 Å². The van der Waals surface area contributed by atoms with E-state index in [1.807, 2.05) is 30.3 Å². The third-order valence-corrected chi connectivity index (χ3v) is 5.79. The van der Waals surface area contributed by atoms with E-state index in [1.165, 1.54) is 24.3 Å². The second-order valence-corrected chi connectivity index (χ2v) is 7.50. The van der Waals surface area contributed by atoms with Gasteiger partial charge in [-0.25, -0.2) is 0 Å². The summed E-state index contributed by atoms with van der Waals surface area (Å²) in [5.74, 6) is 3.37. The summed E-state index contributed by atoms with van der Waals surface area (Å²) in [6.45, 7) is 0. The van der Waals surface area contributed by atoms with Gasteiger partial charge >= 0.3 is 0 Å². The number of hydrogen-bond donors (Lipinski definition) is 1. The van der Waals surface area contributed by atoms with Crippen molar-refractivity contribution in [2.75, 3.05) is 11.5 Å². The van der Waals surface area contributed by atoms with E-state index in [2.05, 4.69) is 22.0 Å². The third-order valence-electron chi connectivity index (χ3n) is 3.71. The van der Waals surface area contributed by atoms with Crippen molar-refractivity contribution in [2.24, 2.45) is 11.7 Å². The molecule has 3 rings (SSSR count). The van der Waals surface area contributed by atoms with Crippen molar-refractivity contribution in [3.05, 3.63) is 45.9 Å². The first kappa shape index (κ1) is 14.0. The molecule has 1 aromatic carbocycles. The molecule has 1 saturated heterocycles. The molecule has 106 valence electrons. The Hall–Kier alpha value is -0.910. The largest absolute Gasteiger partial charge is 0.318 e. The lowest BCUT2D eigenvalue weighted by atomic mass is 9.99. The molecule has 0 bridgehead atoms. The minimum atomic E-state index is -0.149. The Morgan fingerprint density at radius 3 is 2.65 bits per heavy atom. The summed E-state index contributed by atoms with van der Waals surface area (Å²) in [5.41, 5.74) is 7.37. The molecule has 0 amide bonds. The maximum atomic E-state index is 6.27. The first-order valence-electron chi connectivity index (χ1n) is 7.03. The fraction of sp³-hybridized carbons (Fsp3) is 0.467. The second kappa shape index (κ2) is 6.70. The number of benzene rings is 1. The van der Waals surface area contributed by atoms with E-state index in [9.17, 15) is 0 Å². The normalized spacial score (nSPS) is 18.1. The van der Waals surface area contributed by atoms with E-state index >= 15 is 0 Å². The monoisotopic (exact) mass is 305 g/mol. The Labute approximate surface area is 128 Å². The van der Waals surface area contributed by atoms with Gasteiger partial charge in [0, 0.05) is 6.42 Å². The minimum absolute atomic E-state index is 0.149. The third kappa shape index (κ3) is 3.40. The molecule has 1 unspecified atom stereocenters. The quantitative estimate of drug-likeness (QED) is 0.942. The Bertz CT molecular complexity index is 535. The van der Waals surface area contributed by atoms with Gasteiger partial charge in [0.1, 0.15) is 10.0 Å². The zero-order valence-electron chi connectivity index (χ0n) is 11.4. The summed E-state index contributed by atoms with van der Waals surface area (Å²) < 4.78 is 0. The molecule has 2 heterocycles. The predicted octanol–water partition coefficient (Wildman–Crippen LogP) is 3.27. The molecule has 1 aliphatic rings. The van der Waals surface area contributed by atoms with E-state index < -0.39 is 0 Å². The van der Waals surface area contributed by atoms with Crippen molar-refractivity contribution in [2.45, 2.75) is 25.3 Å². The van der Waals surface area contributed by atoms with Gasteiger partial charge < -0.3 is 5.73 Å². The zero-order chi connectivity index (χ0) is 13.8. The first-order valence-corrected chi connectivity index (χ1v) is 9.00. The Morgan fingerprint density at radius 2 is 1.90 bits per heavy atom. The van der Waals surface area contributed by atoms with E-state index in [-0.39, 0.29) is 6.04 Å². The highest BCUT2D eigenvalue weighted by Gasteiger charge is 2.19. The van der Waals surface area contributed by atoms with Crippen LogP contribution in [0.3, 0.4) is 0 Å². The molecular weight excluding hydrogens is 286 g/mol. The average Bonchev–Trinajstić information content (AvgIpc) is 2.97. The molecule has 0 aliphatic carbocycles. The Morgan fingerprint density at radius 1 is 1.15 bits per heavy atom. The van der Waals surface area contributed by atoms with Crippen LogP contribution in [-0.4, -0.2) is 21.7 Å². The molecule has 2 aromatic rings. The zero-order valence-corrected chi connectivity index (χ0v) is 13.0. The van der Waals surface area contributed by atoms with E-state index in [4.69, 9.17) is 5.73 Å². The maximum absolute atomic E-state index is 6.27. The van der Waals surface area contributed by atoms with Crippen LogP contribution in [0.5, 0.6) is 0 Å². The summed E-state index contributed by atoms with van der Waals surface area (Å²) >= 11 is 3.74. The number of thioether (sulfide) groups is 1. The van der Waals surface area contributed by atoms with Gasteiger partial charge in [0.15, 0.2) is 0 Å². The molecule has 1 atom stereocenters. The number of rotatable bonds is 4. The van der Waals surface area contributed by atoms with Gasteiger partial charge in [-0.2, -0.15) is 11.8 Å². The van der Waals surface area contributed by atoms with Crippen molar-refractivity contribution < 1.29 is 0 Å². The van der Waals surface area contributed by atoms with Crippen LogP contribution in [0.2, 0.25) is 0 Å². The van der Waals surface area contributed by atoms with Gasteiger partial charge in [-0.3, -0.25) is 0 Å². The summed E-state index contributed by atoms with van der Waals surface area (Å²) in [7, 11) is 0. The lowest BCUT2D eigenvalue weighted by Crippen LogP contribution is -2.12. The van der Waals surface area contributed by atoms with Crippen molar-refractivity contribution in [3.8, 4) is 0 Å². The standard InChI is InChI=1S/C15H19N3S2/c16-14(12-4-2-1-3-5-12)15-18-17-13(20-15)10-11-6-8-19-9-7-11/h1-5,11,14H,6-10,16H2. The Kier molecular flexibility index (Phi) is 4.70. The summed E-state index contributed by atoms with van der Waals surface area (Å²) in [5, 5.41) is 10.7. The molecule has 5 heteroatoms. The molecule has 0 spiro atoms. The topological polar surface area (TPSA) is 51.8 Å². The lowest BCUT2D eigenvalue weighted by molar-refractivity contribution is 0.485. The van der Waals surface area contributed by atoms with Crippen molar-refractivity contribution >= 4 is 23.1 Å². The molecule has 1 aliphatic heterocycles. The Balaban J connectivity index is 1.67. The van der Waals surface area contributed by atoms with E-state index in [0.717, 1.165) is 27.9 Å². The molecule has 3 nitrogen and oxygen atoms in total. The van der Waals surface area contributed by atoms with Crippen LogP contribution in [0.25, 0.3) is 0 Å². The highest BCUT2D eigenvalue weighted by atomic mass is 32.2. The van der Waals surface area contributed by atoms with Gasteiger partial charge in [-0.05, 0) is 35.8 Å². The number of nitrogens with two attached hydrogens (primary N) is 1. The number of aromatic nitrogens is 2. The van der Waals surface area contributed by atoms with Crippen LogP contribution in [0.1, 0.15) is 34.5 Å². The second-order valence-electron chi connectivity index (χ2n) is 5.18. The number of hydrogen-bond acceptors (Lipinski definition) is 5. The molecular formula is C15H19N3S2. The fourth-order valence-corrected chi connectivity index (χ4v) is 4.67. The highest BCUT2D eigenvalue weighted by molar-refractivity contribution is 7.99.